The topological polar surface area (TPSA) is 116 Å². The van der Waals surface area contributed by atoms with E-state index in [4.69, 9.17) is 47.0 Å². The molecule has 2 aromatic heterocycles. The van der Waals surface area contributed by atoms with Gasteiger partial charge in [-0.2, -0.15) is 0 Å². The van der Waals surface area contributed by atoms with E-state index in [9.17, 15) is 9.90 Å². The first-order chi connectivity index (χ1) is 23.5. The number of aliphatic hydroxyl groups is 1. The minimum Gasteiger partial charge on any atom is -0.489 e. The van der Waals surface area contributed by atoms with Gasteiger partial charge >= 0.3 is 5.63 Å². The molecule has 11 heteroatoms. The number of rotatable bonds is 6. The molecule has 4 heterocycles. The second kappa shape index (κ2) is 14.6. The van der Waals surface area contributed by atoms with E-state index in [1.54, 1.807) is 18.5 Å². The number of thiocarbonyl (C=S) groups is 1. The molecule has 0 aliphatic carbocycles. The summed E-state index contributed by atoms with van der Waals surface area (Å²) in [4.78, 5) is 18.2. The standard InChI is InChI=1S/C22H26O5.C17H19ClN2O2S/c1-6-7-13-10-15(23)26-21-16(13)20-14(8-9-22(4,5)27-20)19-17(21)18(24)11(2)12(3)25-19;1-11-14(7-8-21-11)16(23)20-13-5-6-15(18)12(9-13)10-19-22-17(2,3)4/h8-12,18,24H,6-7H2,1-5H3;5-10H,1-4H3,(H,20,23)/b;19-10+/t11-,12-,18+;/m1./s1. The van der Waals surface area contributed by atoms with Crippen molar-refractivity contribution >= 4 is 57.8 Å². The third-order valence-corrected chi connectivity index (χ3v) is 9.16. The number of ether oxygens (including phenoxy) is 2. The van der Waals surface area contributed by atoms with Gasteiger partial charge in [-0.05, 0) is 96.9 Å². The van der Waals surface area contributed by atoms with E-state index in [2.05, 4.69) is 17.4 Å². The Bertz CT molecular complexity index is 2020. The molecule has 0 fully saturated rings. The van der Waals surface area contributed by atoms with E-state index >= 15 is 0 Å². The van der Waals surface area contributed by atoms with Gasteiger partial charge in [-0.15, -0.1) is 0 Å². The molecule has 0 radical (unpaired) electrons. The minimum absolute atomic E-state index is 0.121. The summed E-state index contributed by atoms with van der Waals surface area (Å²) in [5.41, 5.74) is 3.80. The molecule has 3 atom stereocenters. The molecule has 0 spiro atoms. The number of nitrogens with zero attached hydrogens (tertiary/aromatic N) is 1. The smallest absolute Gasteiger partial charge is 0.336 e. The molecule has 0 unspecified atom stereocenters. The van der Waals surface area contributed by atoms with Crippen LogP contribution in [0, 0.1) is 12.8 Å². The molecule has 2 aliphatic heterocycles. The van der Waals surface area contributed by atoms with Gasteiger partial charge < -0.3 is 33.6 Å². The van der Waals surface area contributed by atoms with Crippen LogP contribution in [0.2, 0.25) is 5.02 Å². The van der Waals surface area contributed by atoms with Crippen LogP contribution in [0.1, 0.15) is 101 Å². The Morgan fingerprint density at radius 1 is 1.18 bits per heavy atom. The monoisotopic (exact) mass is 720 g/mol. The van der Waals surface area contributed by atoms with Gasteiger partial charge in [-0.1, -0.05) is 49.2 Å². The van der Waals surface area contributed by atoms with Crippen LogP contribution in [-0.4, -0.2) is 33.6 Å². The molecule has 266 valence electrons. The molecule has 2 N–H and O–H groups in total. The van der Waals surface area contributed by atoms with Crippen molar-refractivity contribution in [2.24, 2.45) is 11.1 Å². The van der Waals surface area contributed by atoms with Crippen LogP contribution >= 0.6 is 23.8 Å². The zero-order valence-corrected chi connectivity index (χ0v) is 31.5. The lowest BCUT2D eigenvalue weighted by Gasteiger charge is -2.37. The highest BCUT2D eigenvalue weighted by Crippen LogP contribution is 2.52. The number of nitrogens with one attached hydrogen (secondary N) is 1. The van der Waals surface area contributed by atoms with Crippen molar-refractivity contribution < 1.29 is 28.3 Å². The number of hydrogen-bond acceptors (Lipinski definition) is 9. The van der Waals surface area contributed by atoms with Crippen LogP contribution in [0.5, 0.6) is 11.5 Å². The second-order valence-corrected chi connectivity index (χ2v) is 15.0. The third kappa shape index (κ3) is 8.09. The van der Waals surface area contributed by atoms with Crippen LogP contribution in [0.3, 0.4) is 0 Å². The third-order valence-electron chi connectivity index (χ3n) is 8.50. The van der Waals surface area contributed by atoms with E-state index in [0.717, 1.165) is 51.9 Å². The first kappa shape index (κ1) is 37.1. The van der Waals surface area contributed by atoms with Crippen LogP contribution < -0.4 is 20.4 Å². The first-order valence-electron chi connectivity index (χ1n) is 16.8. The zero-order chi connectivity index (χ0) is 36.5. The Morgan fingerprint density at radius 2 is 1.92 bits per heavy atom. The maximum Gasteiger partial charge on any atom is 0.336 e. The summed E-state index contributed by atoms with van der Waals surface area (Å²) in [6.45, 7) is 17.6. The summed E-state index contributed by atoms with van der Waals surface area (Å²) < 4.78 is 23.4. The van der Waals surface area contributed by atoms with Crippen molar-refractivity contribution in [3.8, 4) is 11.5 Å². The van der Waals surface area contributed by atoms with Gasteiger partial charge in [0.2, 0.25) is 0 Å². The number of furan rings is 1. The Hall–Kier alpha value is -4.12. The first-order valence-corrected chi connectivity index (χ1v) is 17.5. The second-order valence-electron chi connectivity index (χ2n) is 14.2. The molecule has 0 bridgehead atoms. The number of fused-ring (bicyclic) bond motifs is 6. The fraction of sp³-hybridized carbons (Fsp3) is 0.410. The summed E-state index contributed by atoms with van der Waals surface area (Å²) in [6.07, 6.45) is 7.85. The predicted molar refractivity (Wildman–Crippen MR) is 203 cm³/mol. The van der Waals surface area contributed by atoms with Crippen molar-refractivity contribution in [2.45, 2.75) is 98.6 Å². The maximum atomic E-state index is 12.3. The van der Waals surface area contributed by atoms with E-state index in [1.165, 1.54) is 6.07 Å². The number of aliphatic hydroxyl groups excluding tert-OH is 1. The van der Waals surface area contributed by atoms with Gasteiger partial charge in [0.1, 0.15) is 39.6 Å². The van der Waals surface area contributed by atoms with Gasteiger partial charge in [-0.25, -0.2) is 4.79 Å². The highest BCUT2D eigenvalue weighted by Gasteiger charge is 2.39. The van der Waals surface area contributed by atoms with Crippen molar-refractivity contribution in [2.75, 3.05) is 5.32 Å². The summed E-state index contributed by atoms with van der Waals surface area (Å²) in [7, 11) is 0. The van der Waals surface area contributed by atoms with Gasteiger partial charge in [0, 0.05) is 28.3 Å². The Balaban J connectivity index is 0.000000197. The molecule has 2 aliphatic rings. The largest absolute Gasteiger partial charge is 0.489 e. The highest BCUT2D eigenvalue weighted by atomic mass is 35.5. The summed E-state index contributed by atoms with van der Waals surface area (Å²) >= 11 is 11.6. The predicted octanol–water partition coefficient (Wildman–Crippen LogP) is 9.56. The van der Waals surface area contributed by atoms with Crippen LogP contribution in [-0.2, 0) is 11.3 Å². The zero-order valence-electron chi connectivity index (χ0n) is 30.0. The van der Waals surface area contributed by atoms with Gasteiger partial charge in [0.15, 0.2) is 5.58 Å². The van der Waals surface area contributed by atoms with Gasteiger partial charge in [-0.3, -0.25) is 0 Å². The van der Waals surface area contributed by atoms with E-state index in [-0.39, 0.29) is 17.6 Å². The number of oxime groups is 1. The van der Waals surface area contributed by atoms with Gasteiger partial charge in [0.05, 0.1) is 40.7 Å². The van der Waals surface area contributed by atoms with Crippen molar-refractivity contribution in [3.05, 3.63) is 91.7 Å². The number of halogens is 1. The minimum atomic E-state index is -0.778. The van der Waals surface area contributed by atoms with Crippen LogP contribution in [0.25, 0.3) is 17.0 Å². The van der Waals surface area contributed by atoms with Crippen LogP contribution in [0.15, 0.2) is 61.5 Å². The van der Waals surface area contributed by atoms with E-state index in [0.29, 0.717) is 32.7 Å². The van der Waals surface area contributed by atoms with Crippen LogP contribution in [0.4, 0.5) is 5.69 Å². The summed E-state index contributed by atoms with van der Waals surface area (Å²) in [5, 5.41) is 19.5. The quantitative estimate of drug-likeness (QED) is 0.0870. The summed E-state index contributed by atoms with van der Waals surface area (Å²) in [5.74, 6) is 1.87. The SMILES string of the molecule is CCCc1cc(=O)oc2c3c(c4c(c12)OC(C)(C)C=C4)O[C@H](C)[C@@H](C)[C@@H]3O.Cc1occc1C(=S)Nc1ccc(Cl)c(/C=N/OC(C)(C)C)c1. The molecule has 6 rings (SSSR count). The number of anilines is 1. The average Bonchev–Trinajstić information content (AvgIpc) is 3.46. The molecule has 9 nitrogen and oxygen atoms in total. The molecule has 0 amide bonds. The highest BCUT2D eigenvalue weighted by molar-refractivity contribution is 7.81. The summed E-state index contributed by atoms with van der Waals surface area (Å²) in [6, 6.07) is 8.87. The fourth-order valence-electron chi connectivity index (χ4n) is 5.76. The average molecular weight is 721 g/mol. The lowest BCUT2D eigenvalue weighted by molar-refractivity contribution is 0.00198. The lowest BCUT2D eigenvalue weighted by atomic mass is 9.85. The van der Waals surface area contributed by atoms with Gasteiger partial charge in [0.25, 0.3) is 0 Å². The molecule has 0 saturated heterocycles. The normalized spacial score (nSPS) is 19.1. The maximum absolute atomic E-state index is 12.3. The Kier molecular flexibility index (Phi) is 10.9. The molecule has 2 aromatic carbocycles. The number of aryl methyl sites for hydroxylation is 2. The van der Waals surface area contributed by atoms with Crippen molar-refractivity contribution in [1.29, 1.82) is 0 Å². The number of hydrogen-bond donors (Lipinski definition) is 2. The lowest BCUT2D eigenvalue weighted by Crippen LogP contribution is -2.34. The number of benzene rings is 2. The Morgan fingerprint density at radius 3 is 2.58 bits per heavy atom. The molecular weight excluding hydrogens is 676 g/mol. The molecule has 50 heavy (non-hydrogen) atoms. The molecule has 0 saturated carbocycles. The van der Waals surface area contributed by atoms with Crippen molar-refractivity contribution in [3.63, 3.8) is 0 Å². The Labute approximate surface area is 303 Å². The fourth-order valence-corrected chi connectivity index (χ4v) is 6.26. The molecular formula is C39H45ClN2O7S. The van der Waals surface area contributed by atoms with Crippen molar-refractivity contribution in [1.82, 2.24) is 0 Å². The van der Waals surface area contributed by atoms with E-state index in [1.807, 2.05) is 85.7 Å². The molecule has 4 aromatic rings. The van der Waals surface area contributed by atoms with E-state index < -0.39 is 17.3 Å².